The highest BCUT2D eigenvalue weighted by molar-refractivity contribution is 7.88. The molecule has 6 nitrogen and oxygen atoms in total. The number of piperidine rings is 1. The van der Waals surface area contributed by atoms with Crippen LogP contribution in [0.1, 0.15) is 18.4 Å². The average Bonchev–Trinajstić information content (AvgIpc) is 2.68. The molecule has 27 heavy (non-hydrogen) atoms. The molecular weight excluding hydrogens is 362 g/mol. The van der Waals surface area contributed by atoms with E-state index in [0.717, 1.165) is 11.3 Å². The Morgan fingerprint density at radius 3 is 2.37 bits per heavy atom. The first-order valence-electron chi connectivity index (χ1n) is 9.05. The van der Waals surface area contributed by atoms with Gasteiger partial charge in [0.1, 0.15) is 0 Å². The van der Waals surface area contributed by atoms with Crippen LogP contribution in [0.4, 0.5) is 5.69 Å². The molecule has 1 atom stereocenters. The number of benzene rings is 2. The normalized spacial score (nSPS) is 18.0. The minimum atomic E-state index is -3.28. The first-order chi connectivity index (χ1) is 12.9. The molecule has 2 aromatic rings. The molecular formula is C20H25N3O3S. The maximum atomic E-state index is 12.9. The van der Waals surface area contributed by atoms with Gasteiger partial charge in [0.25, 0.3) is 0 Å². The van der Waals surface area contributed by atoms with Crippen molar-refractivity contribution < 1.29 is 13.2 Å². The summed E-state index contributed by atoms with van der Waals surface area (Å²) in [5, 5.41) is 1.82. The molecule has 2 aromatic carbocycles. The number of anilines is 1. The highest BCUT2D eigenvalue weighted by Gasteiger charge is 2.31. The smallest absolute Gasteiger partial charge is 0.242 e. The standard InChI is InChI=1S/C20H25N3O3S/c1-27(25,26)22-14-8-11-18(16-22)20(24)21-23(19-12-6-3-7-13-19)15-17-9-4-2-5-10-17/h2-7,9-10,12-13,18H,8,11,14-16H2,1H3,(H,21,24). The topological polar surface area (TPSA) is 69.7 Å². The maximum Gasteiger partial charge on any atom is 0.242 e. The van der Waals surface area contributed by atoms with Crippen LogP contribution >= 0.6 is 0 Å². The van der Waals surface area contributed by atoms with Crippen molar-refractivity contribution in [2.75, 3.05) is 24.4 Å². The van der Waals surface area contributed by atoms with Crippen LogP contribution in [-0.4, -0.2) is 38.0 Å². The molecule has 0 bridgehead atoms. The number of carbonyl (C=O) groups is 1. The predicted octanol–water partition coefficient (Wildman–Crippen LogP) is 2.40. The minimum absolute atomic E-state index is 0.150. The molecule has 1 aliphatic heterocycles. The number of carbonyl (C=O) groups excluding carboxylic acids is 1. The van der Waals surface area contributed by atoms with Crippen molar-refractivity contribution in [1.29, 1.82) is 0 Å². The van der Waals surface area contributed by atoms with Gasteiger partial charge in [0.05, 0.1) is 24.4 Å². The molecule has 1 heterocycles. The Morgan fingerprint density at radius 2 is 1.74 bits per heavy atom. The number of rotatable bonds is 6. The quantitative estimate of drug-likeness (QED) is 0.773. The number of hydrogen-bond donors (Lipinski definition) is 1. The molecule has 3 rings (SSSR count). The van der Waals surface area contributed by atoms with Gasteiger partial charge in [0, 0.05) is 13.1 Å². The summed E-state index contributed by atoms with van der Waals surface area (Å²) in [4.78, 5) is 12.9. The first kappa shape index (κ1) is 19.4. The summed E-state index contributed by atoms with van der Waals surface area (Å²) in [6.07, 6.45) is 2.57. The lowest BCUT2D eigenvalue weighted by molar-refractivity contribution is -0.126. The summed E-state index contributed by atoms with van der Waals surface area (Å²) in [5.41, 5.74) is 4.95. The summed E-state index contributed by atoms with van der Waals surface area (Å²) in [6, 6.07) is 19.5. The van der Waals surface area contributed by atoms with E-state index in [9.17, 15) is 13.2 Å². The van der Waals surface area contributed by atoms with E-state index in [1.54, 1.807) is 0 Å². The number of hydrazine groups is 1. The van der Waals surface area contributed by atoms with Gasteiger partial charge in [-0.25, -0.2) is 12.7 Å². The lowest BCUT2D eigenvalue weighted by atomic mass is 9.99. The van der Waals surface area contributed by atoms with Crippen molar-refractivity contribution in [3.63, 3.8) is 0 Å². The van der Waals surface area contributed by atoms with Gasteiger partial charge in [-0.3, -0.25) is 15.2 Å². The Kier molecular flexibility index (Phi) is 6.13. The van der Waals surface area contributed by atoms with Crippen molar-refractivity contribution in [2.24, 2.45) is 5.92 Å². The van der Waals surface area contributed by atoms with Gasteiger partial charge in [-0.05, 0) is 30.5 Å². The van der Waals surface area contributed by atoms with Crippen LogP contribution in [0.5, 0.6) is 0 Å². The number of hydrogen-bond acceptors (Lipinski definition) is 4. The minimum Gasteiger partial charge on any atom is -0.281 e. The molecule has 0 aliphatic carbocycles. The Bertz CT molecular complexity index is 857. The largest absolute Gasteiger partial charge is 0.281 e. The summed E-state index contributed by atoms with van der Waals surface area (Å²) in [5.74, 6) is -0.501. The Labute approximate surface area is 160 Å². The highest BCUT2D eigenvalue weighted by Crippen LogP contribution is 2.20. The average molecular weight is 388 g/mol. The van der Waals surface area contributed by atoms with E-state index >= 15 is 0 Å². The monoisotopic (exact) mass is 387 g/mol. The molecule has 0 radical (unpaired) electrons. The lowest BCUT2D eigenvalue weighted by Crippen LogP contribution is -2.50. The number of para-hydroxylation sites is 1. The van der Waals surface area contributed by atoms with Gasteiger partial charge < -0.3 is 0 Å². The van der Waals surface area contributed by atoms with E-state index in [-0.39, 0.29) is 18.4 Å². The first-order valence-corrected chi connectivity index (χ1v) is 10.9. The van der Waals surface area contributed by atoms with Gasteiger partial charge in [0.2, 0.25) is 15.9 Å². The van der Waals surface area contributed by atoms with E-state index in [1.165, 1.54) is 10.6 Å². The second-order valence-corrected chi connectivity index (χ2v) is 8.83. The van der Waals surface area contributed by atoms with Crippen molar-refractivity contribution >= 4 is 21.6 Å². The molecule has 0 saturated carbocycles. The van der Waals surface area contributed by atoms with Crippen molar-refractivity contribution in [2.45, 2.75) is 19.4 Å². The van der Waals surface area contributed by atoms with Crippen LogP contribution in [0.2, 0.25) is 0 Å². The lowest BCUT2D eigenvalue weighted by Gasteiger charge is -2.32. The molecule has 1 saturated heterocycles. The van der Waals surface area contributed by atoms with E-state index in [1.807, 2.05) is 65.7 Å². The third kappa shape index (κ3) is 5.30. The van der Waals surface area contributed by atoms with E-state index in [2.05, 4.69) is 5.43 Å². The molecule has 0 aromatic heterocycles. The zero-order valence-corrected chi connectivity index (χ0v) is 16.2. The molecule has 1 N–H and O–H groups in total. The predicted molar refractivity (Wildman–Crippen MR) is 106 cm³/mol. The SMILES string of the molecule is CS(=O)(=O)N1CCCC(C(=O)NN(Cc2ccccc2)c2ccccc2)C1. The van der Waals surface area contributed by atoms with Gasteiger partial charge in [-0.2, -0.15) is 0 Å². The molecule has 7 heteroatoms. The van der Waals surface area contributed by atoms with E-state index in [0.29, 0.717) is 25.9 Å². The number of nitrogens with one attached hydrogen (secondary N) is 1. The van der Waals surface area contributed by atoms with Crippen LogP contribution in [-0.2, 0) is 21.4 Å². The molecule has 1 aliphatic rings. The van der Waals surface area contributed by atoms with Crippen LogP contribution < -0.4 is 10.4 Å². The zero-order chi connectivity index (χ0) is 19.3. The highest BCUT2D eigenvalue weighted by atomic mass is 32.2. The molecule has 144 valence electrons. The van der Waals surface area contributed by atoms with Gasteiger partial charge in [-0.1, -0.05) is 48.5 Å². The fourth-order valence-electron chi connectivity index (χ4n) is 3.25. The fraction of sp³-hybridized carbons (Fsp3) is 0.350. The maximum absolute atomic E-state index is 12.9. The van der Waals surface area contributed by atoms with Crippen LogP contribution in [0.25, 0.3) is 0 Å². The number of amides is 1. The third-order valence-corrected chi connectivity index (χ3v) is 5.99. The van der Waals surface area contributed by atoms with Crippen molar-refractivity contribution in [3.05, 3.63) is 66.2 Å². The summed E-state index contributed by atoms with van der Waals surface area (Å²) in [6.45, 7) is 1.24. The Morgan fingerprint density at radius 1 is 1.11 bits per heavy atom. The fourth-order valence-corrected chi connectivity index (χ4v) is 4.16. The molecule has 1 fully saturated rings. The third-order valence-electron chi connectivity index (χ3n) is 4.72. The number of sulfonamides is 1. The summed E-state index contributed by atoms with van der Waals surface area (Å²) < 4.78 is 25.0. The van der Waals surface area contributed by atoms with E-state index < -0.39 is 10.0 Å². The summed E-state index contributed by atoms with van der Waals surface area (Å²) >= 11 is 0. The van der Waals surface area contributed by atoms with E-state index in [4.69, 9.17) is 0 Å². The Hall–Kier alpha value is -2.38. The van der Waals surface area contributed by atoms with Crippen LogP contribution in [0.3, 0.4) is 0 Å². The van der Waals surface area contributed by atoms with Gasteiger partial charge in [0.15, 0.2) is 0 Å². The second kappa shape index (κ2) is 8.54. The van der Waals surface area contributed by atoms with Crippen LogP contribution in [0.15, 0.2) is 60.7 Å². The van der Waals surface area contributed by atoms with Crippen molar-refractivity contribution in [3.8, 4) is 0 Å². The Balaban J connectivity index is 1.74. The van der Waals surface area contributed by atoms with Crippen LogP contribution in [0, 0.1) is 5.92 Å². The van der Waals surface area contributed by atoms with Gasteiger partial charge in [-0.15, -0.1) is 0 Å². The number of nitrogens with zero attached hydrogens (tertiary/aromatic N) is 2. The van der Waals surface area contributed by atoms with Crippen molar-refractivity contribution in [1.82, 2.24) is 9.73 Å². The zero-order valence-electron chi connectivity index (χ0n) is 15.4. The molecule has 1 amide bonds. The molecule has 1 unspecified atom stereocenters. The van der Waals surface area contributed by atoms with Gasteiger partial charge >= 0.3 is 0 Å². The summed E-state index contributed by atoms with van der Waals surface area (Å²) in [7, 11) is -3.28. The second-order valence-electron chi connectivity index (χ2n) is 6.84. The molecule has 0 spiro atoms.